The van der Waals surface area contributed by atoms with Crippen molar-refractivity contribution in [3.05, 3.63) is 101 Å². The first-order valence-electron chi connectivity index (χ1n) is 9.68. The molecule has 4 aromatic rings. The van der Waals surface area contributed by atoms with Crippen LogP contribution in [0.5, 0.6) is 5.75 Å². The molecule has 1 heterocycles. The van der Waals surface area contributed by atoms with Crippen molar-refractivity contribution in [1.29, 1.82) is 0 Å². The van der Waals surface area contributed by atoms with Crippen LogP contribution in [0.1, 0.15) is 21.7 Å². The summed E-state index contributed by atoms with van der Waals surface area (Å²) in [6, 6.07) is 16.6. The number of non-ortho nitro benzene ring substituents is 1. The Balaban J connectivity index is 1.41. The third-order valence-electron chi connectivity index (χ3n) is 4.63. The normalized spacial score (nSPS) is 11.1. The Labute approximate surface area is 220 Å². The van der Waals surface area contributed by atoms with Crippen LogP contribution >= 0.6 is 50.1 Å². The second kappa shape index (κ2) is 10.5. The van der Waals surface area contributed by atoms with Crippen LogP contribution in [0.3, 0.4) is 0 Å². The van der Waals surface area contributed by atoms with Gasteiger partial charge in [0.05, 0.1) is 19.2 Å². The molecule has 172 valence electrons. The maximum atomic E-state index is 12.4. The maximum Gasteiger partial charge on any atom is 0.307 e. The summed E-state index contributed by atoms with van der Waals surface area (Å²) in [4.78, 5) is 22.8. The predicted octanol–water partition coefficient (Wildman–Crippen LogP) is 6.70. The smallest absolute Gasteiger partial charge is 0.307 e. The standard InChI is InChI=1S/C23H14BrClIN3O5/c24-18-7-14(8-19(26)22(18)33-12-13-1-3-16(25)4-2-13)11-27-28-23(30)21-10-15-9-17(29(31)32)5-6-20(15)34-21/h1-11H,12H2,(H,28,30)/b27-11+. The van der Waals surface area contributed by atoms with Gasteiger partial charge < -0.3 is 9.15 Å². The topological polar surface area (TPSA) is 107 Å². The van der Waals surface area contributed by atoms with Crippen molar-refractivity contribution in [3.8, 4) is 5.75 Å². The monoisotopic (exact) mass is 653 g/mol. The Morgan fingerprint density at radius 2 is 1.97 bits per heavy atom. The first-order chi connectivity index (χ1) is 16.3. The minimum Gasteiger partial charge on any atom is -0.487 e. The number of furan rings is 1. The molecule has 0 unspecified atom stereocenters. The average molecular weight is 655 g/mol. The number of carbonyl (C=O) groups is 1. The van der Waals surface area contributed by atoms with Crippen molar-refractivity contribution in [1.82, 2.24) is 5.43 Å². The molecule has 0 fully saturated rings. The molecule has 11 heteroatoms. The van der Waals surface area contributed by atoms with E-state index >= 15 is 0 Å². The minimum absolute atomic E-state index is 0.00523. The van der Waals surface area contributed by atoms with Crippen LogP contribution < -0.4 is 10.2 Å². The molecule has 8 nitrogen and oxygen atoms in total. The van der Waals surface area contributed by atoms with Gasteiger partial charge in [-0.2, -0.15) is 5.10 Å². The van der Waals surface area contributed by atoms with E-state index in [1.165, 1.54) is 30.5 Å². The molecule has 1 aromatic heterocycles. The first-order valence-corrected chi connectivity index (χ1v) is 11.9. The SMILES string of the molecule is O=C(N/N=C/c1cc(Br)c(OCc2ccc(Cl)cc2)c(I)c1)c1cc2cc([N+](=O)[O-])ccc2o1. The van der Waals surface area contributed by atoms with Gasteiger partial charge in [0.2, 0.25) is 0 Å². The van der Waals surface area contributed by atoms with E-state index in [4.69, 9.17) is 20.8 Å². The molecule has 0 aliphatic heterocycles. The van der Waals surface area contributed by atoms with Crippen molar-refractivity contribution in [2.75, 3.05) is 0 Å². The lowest BCUT2D eigenvalue weighted by Gasteiger charge is -2.11. The number of hydrogen-bond donors (Lipinski definition) is 1. The van der Waals surface area contributed by atoms with E-state index in [0.717, 1.165) is 19.2 Å². The van der Waals surface area contributed by atoms with Gasteiger partial charge in [-0.1, -0.05) is 23.7 Å². The van der Waals surface area contributed by atoms with Crippen LogP contribution in [0.15, 0.2) is 74.7 Å². The van der Waals surface area contributed by atoms with Crippen LogP contribution in [0, 0.1) is 13.7 Å². The zero-order chi connectivity index (χ0) is 24.2. The van der Waals surface area contributed by atoms with Gasteiger partial charge in [-0.3, -0.25) is 14.9 Å². The average Bonchev–Trinajstić information content (AvgIpc) is 3.23. The lowest BCUT2D eigenvalue weighted by Crippen LogP contribution is -2.16. The highest BCUT2D eigenvalue weighted by atomic mass is 127. The Bertz CT molecular complexity index is 1400. The number of nitro benzene ring substituents is 1. The Hall–Kier alpha value is -2.96. The zero-order valence-corrected chi connectivity index (χ0v) is 21.6. The van der Waals surface area contributed by atoms with Crippen LogP contribution in [0.2, 0.25) is 5.02 Å². The van der Waals surface area contributed by atoms with Gasteiger partial charge in [0.25, 0.3) is 5.69 Å². The van der Waals surface area contributed by atoms with E-state index in [1.54, 1.807) is 0 Å². The van der Waals surface area contributed by atoms with Gasteiger partial charge in [-0.15, -0.1) is 0 Å². The quantitative estimate of drug-likeness (QED) is 0.103. The number of fused-ring (bicyclic) bond motifs is 1. The molecule has 4 rings (SSSR count). The summed E-state index contributed by atoms with van der Waals surface area (Å²) in [6.07, 6.45) is 1.49. The fraction of sp³-hybridized carbons (Fsp3) is 0.0435. The summed E-state index contributed by atoms with van der Waals surface area (Å²) in [5.74, 6) is 0.106. The summed E-state index contributed by atoms with van der Waals surface area (Å²) in [5, 5.41) is 16.0. The highest BCUT2D eigenvalue weighted by Gasteiger charge is 2.15. The minimum atomic E-state index is -0.577. The molecular formula is C23H14BrClIN3O5. The van der Waals surface area contributed by atoms with E-state index in [1.807, 2.05) is 36.4 Å². The zero-order valence-electron chi connectivity index (χ0n) is 17.1. The number of nitrogens with zero attached hydrogens (tertiary/aromatic N) is 2. The number of nitro groups is 1. The Kier molecular flexibility index (Phi) is 7.49. The first kappa shape index (κ1) is 24.2. The number of amides is 1. The molecule has 0 aliphatic carbocycles. The molecule has 0 aliphatic rings. The molecule has 0 atom stereocenters. The molecule has 0 bridgehead atoms. The number of carbonyl (C=O) groups excluding carboxylic acids is 1. The Morgan fingerprint density at radius 1 is 1.21 bits per heavy atom. The van der Waals surface area contributed by atoms with Gasteiger partial charge in [0.1, 0.15) is 17.9 Å². The largest absolute Gasteiger partial charge is 0.487 e. The Morgan fingerprint density at radius 3 is 2.68 bits per heavy atom. The van der Waals surface area contributed by atoms with Gasteiger partial charge in [0.15, 0.2) is 5.76 Å². The van der Waals surface area contributed by atoms with E-state index in [2.05, 4.69) is 49.0 Å². The molecule has 1 amide bonds. The van der Waals surface area contributed by atoms with Crippen molar-refractivity contribution >= 4 is 78.9 Å². The summed E-state index contributed by atoms with van der Waals surface area (Å²) in [5.41, 5.74) is 4.40. The molecule has 0 spiro atoms. The number of hydrazone groups is 1. The number of rotatable bonds is 7. The van der Waals surface area contributed by atoms with Gasteiger partial charge in [-0.25, -0.2) is 5.43 Å². The summed E-state index contributed by atoms with van der Waals surface area (Å²) >= 11 is 11.6. The fourth-order valence-electron chi connectivity index (χ4n) is 3.00. The van der Waals surface area contributed by atoms with Gasteiger partial charge >= 0.3 is 5.91 Å². The highest BCUT2D eigenvalue weighted by Crippen LogP contribution is 2.32. The summed E-state index contributed by atoms with van der Waals surface area (Å²) in [7, 11) is 0. The molecule has 34 heavy (non-hydrogen) atoms. The lowest BCUT2D eigenvalue weighted by atomic mass is 10.2. The summed E-state index contributed by atoms with van der Waals surface area (Å²) in [6.45, 7) is 0.385. The van der Waals surface area contributed by atoms with E-state index in [9.17, 15) is 14.9 Å². The number of ether oxygens (including phenoxy) is 1. The predicted molar refractivity (Wildman–Crippen MR) is 141 cm³/mol. The van der Waals surface area contributed by atoms with E-state index in [-0.39, 0.29) is 11.4 Å². The van der Waals surface area contributed by atoms with Crippen molar-refractivity contribution in [2.24, 2.45) is 5.10 Å². The van der Waals surface area contributed by atoms with Crippen LogP contribution in [0.25, 0.3) is 11.0 Å². The number of benzene rings is 3. The van der Waals surface area contributed by atoms with E-state index < -0.39 is 10.8 Å². The van der Waals surface area contributed by atoms with Crippen LogP contribution in [-0.2, 0) is 6.61 Å². The lowest BCUT2D eigenvalue weighted by molar-refractivity contribution is -0.384. The number of halogens is 3. The molecular weight excluding hydrogens is 641 g/mol. The third kappa shape index (κ3) is 5.75. The second-order valence-electron chi connectivity index (χ2n) is 7.02. The second-order valence-corrected chi connectivity index (χ2v) is 9.47. The molecule has 1 N–H and O–H groups in total. The summed E-state index contributed by atoms with van der Waals surface area (Å²) < 4.78 is 13.0. The van der Waals surface area contributed by atoms with Crippen molar-refractivity contribution in [3.63, 3.8) is 0 Å². The number of hydrogen-bond acceptors (Lipinski definition) is 6. The fourth-order valence-corrected chi connectivity index (χ4v) is 4.90. The molecule has 3 aromatic carbocycles. The van der Waals surface area contributed by atoms with Crippen molar-refractivity contribution < 1.29 is 18.9 Å². The van der Waals surface area contributed by atoms with Gasteiger partial charge in [-0.05, 0) is 86.0 Å². The highest BCUT2D eigenvalue weighted by molar-refractivity contribution is 14.1. The molecule has 0 radical (unpaired) electrons. The van der Waals surface area contributed by atoms with Gasteiger partial charge in [0, 0.05) is 22.5 Å². The molecule has 0 saturated carbocycles. The molecule has 0 saturated heterocycles. The van der Waals surface area contributed by atoms with Crippen molar-refractivity contribution in [2.45, 2.75) is 6.61 Å². The third-order valence-corrected chi connectivity index (χ3v) is 6.27. The maximum absolute atomic E-state index is 12.4. The van der Waals surface area contributed by atoms with E-state index in [0.29, 0.717) is 28.3 Å². The number of nitrogens with one attached hydrogen (secondary N) is 1. The van der Waals surface area contributed by atoms with Crippen LogP contribution in [-0.4, -0.2) is 17.0 Å². The van der Waals surface area contributed by atoms with Crippen LogP contribution in [0.4, 0.5) is 5.69 Å².